The Balaban J connectivity index is 1.70. The monoisotopic (exact) mass is 415 g/mol. The van der Waals surface area contributed by atoms with Gasteiger partial charge in [-0.15, -0.1) is 0 Å². The van der Waals surface area contributed by atoms with E-state index in [1.807, 2.05) is 4.90 Å². The number of halogens is 5. The van der Waals surface area contributed by atoms with Gasteiger partial charge >= 0.3 is 6.18 Å². The molecule has 2 heterocycles. The lowest BCUT2D eigenvalue weighted by Gasteiger charge is -2.27. The summed E-state index contributed by atoms with van der Waals surface area (Å²) in [7, 11) is 0. The highest BCUT2D eigenvalue weighted by Gasteiger charge is 2.33. The first kappa shape index (κ1) is 19.5. The van der Waals surface area contributed by atoms with Crippen LogP contribution in [0.1, 0.15) is 12.0 Å². The Morgan fingerprint density at radius 3 is 2.59 bits per heavy atom. The van der Waals surface area contributed by atoms with Gasteiger partial charge in [-0.05, 0) is 36.8 Å². The number of alkyl halides is 3. The summed E-state index contributed by atoms with van der Waals surface area (Å²) >= 11 is 11.7. The summed E-state index contributed by atoms with van der Waals surface area (Å²) in [6.07, 6.45) is -0.834. The molecule has 1 N–H and O–H groups in total. The SMILES string of the molecule is O=C(Nc1ccc(Cl)c(C(F)(F)F)c1)C1=CCN(c2ncccc2Cl)CC1. The number of benzene rings is 1. The first-order valence-corrected chi connectivity index (χ1v) is 8.74. The predicted molar refractivity (Wildman–Crippen MR) is 99.2 cm³/mol. The van der Waals surface area contributed by atoms with Gasteiger partial charge in [0.1, 0.15) is 5.82 Å². The molecule has 1 amide bonds. The fraction of sp³-hybridized carbons (Fsp3) is 0.222. The molecule has 2 aromatic rings. The molecule has 1 aliphatic rings. The second kappa shape index (κ2) is 7.78. The minimum absolute atomic E-state index is 0.0350. The van der Waals surface area contributed by atoms with Crippen molar-refractivity contribution in [3.63, 3.8) is 0 Å². The van der Waals surface area contributed by atoms with E-state index in [0.717, 1.165) is 12.1 Å². The number of hydrogen-bond donors (Lipinski definition) is 1. The van der Waals surface area contributed by atoms with Crippen molar-refractivity contribution in [3.8, 4) is 0 Å². The Kier molecular flexibility index (Phi) is 5.62. The molecule has 27 heavy (non-hydrogen) atoms. The zero-order valence-electron chi connectivity index (χ0n) is 13.9. The van der Waals surface area contributed by atoms with Crippen LogP contribution in [0.3, 0.4) is 0 Å². The van der Waals surface area contributed by atoms with Crippen LogP contribution in [0.4, 0.5) is 24.7 Å². The summed E-state index contributed by atoms with van der Waals surface area (Å²) in [5, 5.41) is 2.59. The number of hydrogen-bond acceptors (Lipinski definition) is 3. The van der Waals surface area contributed by atoms with E-state index in [1.54, 1.807) is 24.4 Å². The Bertz CT molecular complexity index is 900. The van der Waals surface area contributed by atoms with Crippen molar-refractivity contribution in [2.45, 2.75) is 12.6 Å². The van der Waals surface area contributed by atoms with Gasteiger partial charge in [-0.1, -0.05) is 29.3 Å². The number of aromatic nitrogens is 1. The molecular formula is C18H14Cl2F3N3O. The van der Waals surface area contributed by atoms with Gasteiger partial charge in [0.15, 0.2) is 0 Å². The molecule has 0 aliphatic carbocycles. The van der Waals surface area contributed by atoms with Crippen LogP contribution in [0.15, 0.2) is 48.2 Å². The molecule has 0 saturated carbocycles. The normalized spacial score (nSPS) is 14.7. The molecule has 0 saturated heterocycles. The number of nitrogens with zero attached hydrogens (tertiary/aromatic N) is 2. The molecule has 9 heteroatoms. The molecule has 0 atom stereocenters. The van der Waals surface area contributed by atoms with E-state index in [1.165, 1.54) is 6.07 Å². The smallest absolute Gasteiger partial charge is 0.351 e. The summed E-state index contributed by atoms with van der Waals surface area (Å²) in [6, 6.07) is 6.73. The quantitative estimate of drug-likeness (QED) is 0.750. The lowest BCUT2D eigenvalue weighted by atomic mass is 10.1. The number of rotatable bonds is 3. The van der Waals surface area contributed by atoms with E-state index >= 15 is 0 Å². The maximum absolute atomic E-state index is 12.9. The fourth-order valence-electron chi connectivity index (χ4n) is 2.71. The number of amides is 1. The number of nitrogens with one attached hydrogen (secondary N) is 1. The second-order valence-electron chi connectivity index (χ2n) is 5.88. The van der Waals surface area contributed by atoms with Crippen LogP contribution in [0, 0.1) is 0 Å². The highest BCUT2D eigenvalue weighted by molar-refractivity contribution is 6.33. The van der Waals surface area contributed by atoms with Gasteiger partial charge in [-0.25, -0.2) is 4.98 Å². The molecule has 0 unspecified atom stereocenters. The molecule has 0 radical (unpaired) electrons. The van der Waals surface area contributed by atoms with Crippen molar-refractivity contribution in [1.29, 1.82) is 0 Å². The number of pyridine rings is 1. The molecule has 0 spiro atoms. The molecule has 0 fully saturated rings. The van der Waals surface area contributed by atoms with E-state index in [0.29, 0.717) is 35.9 Å². The summed E-state index contributed by atoms with van der Waals surface area (Å²) < 4.78 is 38.8. The third-order valence-electron chi connectivity index (χ3n) is 4.07. The molecule has 142 valence electrons. The molecular weight excluding hydrogens is 402 g/mol. The Morgan fingerprint density at radius 1 is 1.19 bits per heavy atom. The third-order valence-corrected chi connectivity index (χ3v) is 4.69. The molecule has 3 rings (SSSR count). The lowest BCUT2D eigenvalue weighted by Crippen LogP contribution is -2.32. The topological polar surface area (TPSA) is 45.2 Å². The summed E-state index contributed by atoms with van der Waals surface area (Å²) in [6.45, 7) is 0.943. The Labute approximate surface area is 163 Å². The molecule has 1 aliphatic heterocycles. The number of carbonyl (C=O) groups excluding carboxylic acids is 1. The van der Waals surface area contributed by atoms with E-state index in [4.69, 9.17) is 23.2 Å². The Hall–Kier alpha value is -2.25. The molecule has 1 aromatic carbocycles. The van der Waals surface area contributed by atoms with E-state index < -0.39 is 22.7 Å². The second-order valence-corrected chi connectivity index (χ2v) is 6.70. The van der Waals surface area contributed by atoms with Crippen LogP contribution in [0.25, 0.3) is 0 Å². The van der Waals surface area contributed by atoms with Gasteiger partial charge in [0.2, 0.25) is 0 Å². The van der Waals surface area contributed by atoms with Gasteiger partial charge in [0.05, 0.1) is 15.6 Å². The van der Waals surface area contributed by atoms with Crippen LogP contribution in [0.5, 0.6) is 0 Å². The summed E-state index contributed by atoms with van der Waals surface area (Å²) in [4.78, 5) is 18.5. The van der Waals surface area contributed by atoms with Crippen LogP contribution in [-0.2, 0) is 11.0 Å². The van der Waals surface area contributed by atoms with Crippen molar-refractivity contribution in [1.82, 2.24) is 4.98 Å². The number of carbonyl (C=O) groups is 1. The van der Waals surface area contributed by atoms with Crippen LogP contribution < -0.4 is 10.2 Å². The standard InChI is InChI=1S/C18H14Cl2F3N3O/c19-14-4-3-12(10-13(14)18(21,22)23)25-17(27)11-5-8-26(9-6-11)16-15(20)2-1-7-24-16/h1-5,7,10H,6,8-9H2,(H,25,27). The highest BCUT2D eigenvalue weighted by atomic mass is 35.5. The van der Waals surface area contributed by atoms with Gasteiger partial charge < -0.3 is 10.2 Å². The maximum Gasteiger partial charge on any atom is 0.417 e. The zero-order valence-corrected chi connectivity index (χ0v) is 15.4. The number of anilines is 2. The lowest BCUT2D eigenvalue weighted by molar-refractivity contribution is -0.137. The molecule has 0 bridgehead atoms. The van der Waals surface area contributed by atoms with Crippen LogP contribution >= 0.6 is 23.2 Å². The average Bonchev–Trinajstić information content (AvgIpc) is 2.63. The van der Waals surface area contributed by atoms with Crippen LogP contribution in [0.2, 0.25) is 10.0 Å². The van der Waals surface area contributed by atoms with Crippen molar-refractivity contribution in [2.75, 3.05) is 23.3 Å². The molecule has 4 nitrogen and oxygen atoms in total. The average molecular weight is 416 g/mol. The van der Waals surface area contributed by atoms with Crippen molar-refractivity contribution < 1.29 is 18.0 Å². The van der Waals surface area contributed by atoms with E-state index in [-0.39, 0.29) is 5.69 Å². The Morgan fingerprint density at radius 2 is 1.96 bits per heavy atom. The van der Waals surface area contributed by atoms with Crippen molar-refractivity contribution in [2.24, 2.45) is 0 Å². The van der Waals surface area contributed by atoms with Gasteiger partial charge in [0.25, 0.3) is 5.91 Å². The minimum atomic E-state index is -4.59. The molecule has 1 aromatic heterocycles. The zero-order chi connectivity index (χ0) is 19.6. The van der Waals surface area contributed by atoms with Gasteiger partial charge in [0, 0.05) is 30.5 Å². The van der Waals surface area contributed by atoms with E-state index in [9.17, 15) is 18.0 Å². The van der Waals surface area contributed by atoms with E-state index in [2.05, 4.69) is 10.3 Å². The van der Waals surface area contributed by atoms with Gasteiger partial charge in [-0.2, -0.15) is 13.2 Å². The predicted octanol–water partition coefficient (Wildman–Crippen LogP) is 5.18. The fourth-order valence-corrected chi connectivity index (χ4v) is 3.18. The maximum atomic E-state index is 12.9. The van der Waals surface area contributed by atoms with Crippen molar-refractivity contribution >= 4 is 40.6 Å². The highest BCUT2D eigenvalue weighted by Crippen LogP contribution is 2.36. The summed E-state index contributed by atoms with van der Waals surface area (Å²) in [5.74, 6) is 0.180. The summed E-state index contributed by atoms with van der Waals surface area (Å²) in [5.41, 5.74) is -0.467. The van der Waals surface area contributed by atoms with Crippen molar-refractivity contribution in [3.05, 3.63) is 63.8 Å². The largest absolute Gasteiger partial charge is 0.417 e. The van der Waals surface area contributed by atoms with Gasteiger partial charge in [-0.3, -0.25) is 4.79 Å². The first-order valence-electron chi connectivity index (χ1n) is 7.98. The third kappa shape index (κ3) is 4.54. The minimum Gasteiger partial charge on any atom is -0.351 e. The first-order chi connectivity index (χ1) is 12.8. The van der Waals surface area contributed by atoms with Crippen LogP contribution in [-0.4, -0.2) is 24.0 Å².